The molecular weight excluding hydrogens is 220 g/mol. The van der Waals surface area contributed by atoms with Gasteiger partial charge in [0.25, 0.3) is 0 Å². The van der Waals surface area contributed by atoms with Crippen LogP contribution in [-0.4, -0.2) is 6.54 Å². The Morgan fingerprint density at radius 2 is 1.39 bits per heavy atom. The van der Waals surface area contributed by atoms with Crippen molar-refractivity contribution in [1.82, 2.24) is 0 Å². The van der Waals surface area contributed by atoms with E-state index in [9.17, 15) is 0 Å². The molecule has 0 aliphatic carbocycles. The van der Waals surface area contributed by atoms with Crippen LogP contribution in [0.1, 0.15) is 24.1 Å². The van der Waals surface area contributed by atoms with Gasteiger partial charge in [0.1, 0.15) is 0 Å². The van der Waals surface area contributed by atoms with E-state index in [-0.39, 0.29) is 6.04 Å². The van der Waals surface area contributed by atoms with E-state index in [4.69, 9.17) is 11.5 Å². The van der Waals surface area contributed by atoms with Gasteiger partial charge in [-0.05, 0) is 31.0 Å². The van der Waals surface area contributed by atoms with Gasteiger partial charge >= 0.3 is 0 Å². The summed E-state index contributed by atoms with van der Waals surface area (Å²) in [5.41, 5.74) is 13.5. The maximum Gasteiger partial charge on any atom is 0.0266 e. The van der Waals surface area contributed by atoms with E-state index in [0.29, 0.717) is 0 Å². The molecule has 18 heavy (non-hydrogen) atoms. The quantitative estimate of drug-likeness (QED) is 0.869. The third kappa shape index (κ3) is 5.62. The van der Waals surface area contributed by atoms with Gasteiger partial charge in [-0.1, -0.05) is 60.7 Å². The van der Waals surface area contributed by atoms with Crippen LogP contribution in [0.5, 0.6) is 0 Å². The summed E-state index contributed by atoms with van der Waals surface area (Å²) < 4.78 is 0. The molecule has 0 radical (unpaired) electrons. The number of rotatable bonds is 3. The Labute approximate surface area is 110 Å². The van der Waals surface area contributed by atoms with Gasteiger partial charge in [-0.2, -0.15) is 0 Å². The highest BCUT2D eigenvalue weighted by atomic mass is 14.6. The van der Waals surface area contributed by atoms with Crippen LogP contribution < -0.4 is 11.5 Å². The maximum absolute atomic E-state index is 5.61. The topological polar surface area (TPSA) is 52.0 Å². The fraction of sp³-hybridized carbons (Fsp3) is 0.250. The van der Waals surface area contributed by atoms with Crippen molar-refractivity contribution < 1.29 is 0 Å². The molecule has 0 bridgehead atoms. The molecule has 0 amide bonds. The fourth-order valence-corrected chi connectivity index (χ4v) is 1.57. The van der Waals surface area contributed by atoms with Gasteiger partial charge in [0, 0.05) is 6.04 Å². The highest BCUT2D eigenvalue weighted by molar-refractivity contribution is 5.17. The predicted octanol–water partition coefficient (Wildman–Crippen LogP) is 2.89. The lowest BCUT2D eigenvalue weighted by Gasteiger charge is -2.02. The molecule has 1 unspecified atom stereocenters. The van der Waals surface area contributed by atoms with E-state index >= 15 is 0 Å². The number of hydrogen-bond acceptors (Lipinski definition) is 2. The van der Waals surface area contributed by atoms with Gasteiger partial charge in [-0.3, -0.25) is 0 Å². The van der Waals surface area contributed by atoms with Crippen LogP contribution in [0.25, 0.3) is 0 Å². The van der Waals surface area contributed by atoms with Crippen molar-refractivity contribution in [1.29, 1.82) is 0 Å². The minimum atomic E-state index is 0.159. The number of hydrogen-bond donors (Lipinski definition) is 2. The SMILES string of the molecule is CC(N)c1ccccc1.NCCc1ccccc1. The largest absolute Gasteiger partial charge is 0.330 e. The van der Waals surface area contributed by atoms with Crippen LogP contribution in [0.2, 0.25) is 0 Å². The van der Waals surface area contributed by atoms with E-state index in [1.54, 1.807) is 0 Å². The lowest BCUT2D eigenvalue weighted by Crippen LogP contribution is -2.03. The van der Waals surface area contributed by atoms with Crippen LogP contribution in [0, 0.1) is 0 Å². The molecule has 0 heterocycles. The average molecular weight is 242 g/mol. The smallest absolute Gasteiger partial charge is 0.0266 e. The molecule has 96 valence electrons. The Bertz CT molecular complexity index is 410. The van der Waals surface area contributed by atoms with Gasteiger partial charge in [0.15, 0.2) is 0 Å². The van der Waals surface area contributed by atoms with Crippen LogP contribution >= 0.6 is 0 Å². The van der Waals surface area contributed by atoms with Crippen molar-refractivity contribution in [3.63, 3.8) is 0 Å². The highest BCUT2D eigenvalue weighted by Crippen LogP contribution is 2.06. The minimum Gasteiger partial charge on any atom is -0.330 e. The third-order valence-corrected chi connectivity index (χ3v) is 2.60. The van der Waals surface area contributed by atoms with Crippen LogP contribution in [-0.2, 0) is 6.42 Å². The standard InChI is InChI=1S/2C8H11N/c1-7(9)8-5-3-2-4-6-8;9-7-6-8-4-2-1-3-5-8/h2-7H,9H2,1H3;1-5H,6-7,9H2. The summed E-state index contributed by atoms with van der Waals surface area (Å²) in [6.07, 6.45) is 0.987. The molecule has 4 N–H and O–H groups in total. The van der Waals surface area contributed by atoms with Crippen LogP contribution in [0.15, 0.2) is 60.7 Å². The van der Waals surface area contributed by atoms with Gasteiger partial charge in [-0.25, -0.2) is 0 Å². The molecule has 2 nitrogen and oxygen atoms in total. The average Bonchev–Trinajstić information content (AvgIpc) is 2.42. The Balaban J connectivity index is 0.000000180. The summed E-state index contributed by atoms with van der Waals surface area (Å²) in [5.74, 6) is 0. The first kappa shape index (κ1) is 14.4. The molecule has 0 spiro atoms. The van der Waals surface area contributed by atoms with E-state index in [0.717, 1.165) is 13.0 Å². The van der Waals surface area contributed by atoms with Crippen molar-refractivity contribution in [2.75, 3.05) is 6.54 Å². The van der Waals surface area contributed by atoms with E-state index in [1.807, 2.05) is 55.5 Å². The van der Waals surface area contributed by atoms with Gasteiger partial charge in [-0.15, -0.1) is 0 Å². The molecule has 2 heteroatoms. The highest BCUT2D eigenvalue weighted by Gasteiger charge is 1.93. The van der Waals surface area contributed by atoms with Crippen molar-refractivity contribution >= 4 is 0 Å². The van der Waals surface area contributed by atoms with Crippen molar-refractivity contribution in [2.45, 2.75) is 19.4 Å². The van der Waals surface area contributed by atoms with Crippen molar-refractivity contribution in [3.05, 3.63) is 71.8 Å². The molecule has 0 saturated carbocycles. The second kappa shape index (κ2) is 8.45. The Morgan fingerprint density at radius 3 is 1.78 bits per heavy atom. The second-order valence-electron chi connectivity index (χ2n) is 4.22. The first-order valence-corrected chi connectivity index (χ1v) is 6.28. The normalized spacial score (nSPS) is 11.3. The molecule has 0 fully saturated rings. The predicted molar refractivity (Wildman–Crippen MR) is 78.2 cm³/mol. The Kier molecular flexibility index (Phi) is 6.77. The number of nitrogens with two attached hydrogens (primary N) is 2. The second-order valence-corrected chi connectivity index (χ2v) is 4.22. The molecule has 2 aromatic carbocycles. The van der Waals surface area contributed by atoms with Gasteiger partial charge < -0.3 is 11.5 Å². The molecular formula is C16H22N2. The molecule has 0 aliphatic rings. The summed E-state index contributed by atoms with van der Waals surface area (Å²) in [4.78, 5) is 0. The van der Waals surface area contributed by atoms with E-state index in [1.165, 1.54) is 11.1 Å². The summed E-state index contributed by atoms with van der Waals surface area (Å²) in [5, 5.41) is 0. The lowest BCUT2D eigenvalue weighted by atomic mass is 10.1. The van der Waals surface area contributed by atoms with Gasteiger partial charge in [0.05, 0.1) is 0 Å². The van der Waals surface area contributed by atoms with Crippen molar-refractivity contribution in [2.24, 2.45) is 11.5 Å². The summed E-state index contributed by atoms with van der Waals surface area (Å²) >= 11 is 0. The van der Waals surface area contributed by atoms with Gasteiger partial charge in [0.2, 0.25) is 0 Å². The minimum absolute atomic E-state index is 0.159. The third-order valence-electron chi connectivity index (χ3n) is 2.60. The zero-order valence-electron chi connectivity index (χ0n) is 10.9. The van der Waals surface area contributed by atoms with E-state index < -0.39 is 0 Å². The maximum atomic E-state index is 5.61. The monoisotopic (exact) mass is 242 g/mol. The lowest BCUT2D eigenvalue weighted by molar-refractivity contribution is 0.818. The number of benzene rings is 2. The Morgan fingerprint density at radius 1 is 0.889 bits per heavy atom. The first-order valence-electron chi connectivity index (χ1n) is 6.28. The molecule has 0 aliphatic heterocycles. The Hall–Kier alpha value is -1.64. The summed E-state index contributed by atoms with van der Waals surface area (Å²) in [7, 11) is 0. The summed E-state index contributed by atoms with van der Waals surface area (Å²) in [6, 6.07) is 20.5. The molecule has 0 aromatic heterocycles. The zero-order valence-corrected chi connectivity index (χ0v) is 10.9. The molecule has 2 aromatic rings. The fourth-order valence-electron chi connectivity index (χ4n) is 1.57. The summed E-state index contributed by atoms with van der Waals surface area (Å²) in [6.45, 7) is 2.72. The molecule has 1 atom stereocenters. The van der Waals surface area contributed by atoms with E-state index in [2.05, 4.69) is 12.1 Å². The molecule has 0 saturated heterocycles. The molecule has 2 rings (SSSR count). The zero-order chi connectivity index (χ0) is 13.2. The van der Waals surface area contributed by atoms with Crippen LogP contribution in [0.4, 0.5) is 0 Å². The van der Waals surface area contributed by atoms with Crippen molar-refractivity contribution in [3.8, 4) is 0 Å². The first-order chi connectivity index (χ1) is 8.74. The van der Waals surface area contributed by atoms with Crippen LogP contribution in [0.3, 0.4) is 0 Å².